The molecule has 1 nitrogen and oxygen atoms in total. The van der Waals surface area contributed by atoms with E-state index < -0.39 is 0 Å². The summed E-state index contributed by atoms with van der Waals surface area (Å²) < 4.78 is 0.877. The molecule has 12 heavy (non-hydrogen) atoms. The molecule has 2 heteroatoms. The molecule has 0 saturated heterocycles. The van der Waals surface area contributed by atoms with Crippen molar-refractivity contribution in [3.63, 3.8) is 0 Å². The molecule has 0 radical (unpaired) electrons. The molecule has 0 aliphatic rings. The van der Waals surface area contributed by atoms with Crippen molar-refractivity contribution in [2.24, 2.45) is 0 Å². The number of hydrogen-bond donors (Lipinski definition) is 0. The third-order valence-corrected chi connectivity index (χ3v) is 2.43. The van der Waals surface area contributed by atoms with Gasteiger partial charge in [-0.2, -0.15) is 0 Å². The third kappa shape index (κ3) is 1.86. The van der Waals surface area contributed by atoms with Crippen molar-refractivity contribution in [1.82, 2.24) is 0 Å². The molecular formula is C10H10BrN. The number of nitrogens with zero attached hydrogens (tertiary/aromatic N) is 1. The maximum Gasteiger partial charge on any atom is 0.201 e. The van der Waals surface area contributed by atoms with E-state index in [9.17, 15) is 0 Å². The standard InChI is InChI=1S/C10H10BrN/c1-7(2)8-4-5-9(11)10(6-8)12-3/h4-7H,1-2H3. The van der Waals surface area contributed by atoms with Crippen molar-refractivity contribution in [3.8, 4) is 0 Å². The van der Waals surface area contributed by atoms with Crippen LogP contribution in [-0.4, -0.2) is 0 Å². The molecule has 1 aromatic carbocycles. The van der Waals surface area contributed by atoms with Crippen LogP contribution in [0.4, 0.5) is 5.69 Å². The highest BCUT2D eigenvalue weighted by atomic mass is 79.9. The molecule has 0 atom stereocenters. The molecule has 1 aromatic rings. The van der Waals surface area contributed by atoms with Gasteiger partial charge in [-0.15, -0.1) is 0 Å². The van der Waals surface area contributed by atoms with Crippen LogP contribution in [0.25, 0.3) is 4.85 Å². The zero-order chi connectivity index (χ0) is 9.14. The molecule has 0 fully saturated rings. The molecule has 1 rings (SSSR count). The Balaban J connectivity index is 3.16. The van der Waals surface area contributed by atoms with E-state index in [1.54, 1.807) is 0 Å². The Labute approximate surface area is 81.4 Å². The molecule has 62 valence electrons. The summed E-state index contributed by atoms with van der Waals surface area (Å²) in [5, 5.41) is 0. The first kappa shape index (κ1) is 9.28. The van der Waals surface area contributed by atoms with Crippen LogP contribution in [0.1, 0.15) is 25.3 Å². The van der Waals surface area contributed by atoms with Crippen LogP contribution < -0.4 is 0 Å². The lowest BCUT2D eigenvalue weighted by Gasteiger charge is -2.05. The average molecular weight is 224 g/mol. The molecule has 0 N–H and O–H groups in total. The SMILES string of the molecule is [C-]#[N+]c1cc(C(C)C)ccc1Br. The molecule has 0 spiro atoms. The molecule has 0 bridgehead atoms. The highest BCUT2D eigenvalue weighted by molar-refractivity contribution is 9.10. The van der Waals surface area contributed by atoms with Crippen LogP contribution in [0.15, 0.2) is 22.7 Å². The number of rotatable bonds is 1. The zero-order valence-electron chi connectivity index (χ0n) is 7.13. The van der Waals surface area contributed by atoms with E-state index in [1.165, 1.54) is 5.56 Å². The number of halogens is 1. The minimum atomic E-state index is 0.485. The first-order valence-corrected chi connectivity index (χ1v) is 4.61. The van der Waals surface area contributed by atoms with Gasteiger partial charge in [-0.1, -0.05) is 53.5 Å². The minimum absolute atomic E-state index is 0.485. The van der Waals surface area contributed by atoms with Crippen LogP contribution in [-0.2, 0) is 0 Å². The van der Waals surface area contributed by atoms with Gasteiger partial charge in [-0.25, -0.2) is 4.85 Å². The van der Waals surface area contributed by atoms with Gasteiger partial charge in [0.1, 0.15) is 0 Å². The molecule has 0 unspecified atom stereocenters. The van der Waals surface area contributed by atoms with Gasteiger partial charge in [0, 0.05) is 4.47 Å². The molecule has 0 aliphatic carbocycles. The Bertz CT molecular complexity index is 323. The van der Waals surface area contributed by atoms with Gasteiger partial charge in [-0.05, 0) is 5.92 Å². The van der Waals surface area contributed by atoms with Crippen LogP contribution in [0, 0.1) is 6.57 Å². The molecule has 0 amide bonds. The van der Waals surface area contributed by atoms with Crippen molar-refractivity contribution in [1.29, 1.82) is 0 Å². The van der Waals surface area contributed by atoms with Crippen molar-refractivity contribution < 1.29 is 0 Å². The van der Waals surface area contributed by atoms with E-state index >= 15 is 0 Å². The van der Waals surface area contributed by atoms with Crippen LogP contribution in [0.2, 0.25) is 0 Å². The summed E-state index contributed by atoms with van der Waals surface area (Å²) in [6.45, 7) is 11.2. The second kappa shape index (κ2) is 3.73. The summed E-state index contributed by atoms with van der Waals surface area (Å²) in [5.41, 5.74) is 1.91. The van der Waals surface area contributed by atoms with Crippen LogP contribution in [0.3, 0.4) is 0 Å². The van der Waals surface area contributed by atoms with Gasteiger partial charge in [0.2, 0.25) is 5.69 Å². The fourth-order valence-corrected chi connectivity index (χ4v) is 1.31. The van der Waals surface area contributed by atoms with Gasteiger partial charge in [-0.3, -0.25) is 0 Å². The van der Waals surface area contributed by atoms with E-state index in [2.05, 4.69) is 34.6 Å². The second-order valence-corrected chi connectivity index (χ2v) is 3.83. The summed E-state index contributed by atoms with van der Waals surface area (Å²) in [6.07, 6.45) is 0. The first-order valence-electron chi connectivity index (χ1n) is 3.82. The summed E-state index contributed by atoms with van der Waals surface area (Å²) in [5.74, 6) is 0.485. The predicted molar refractivity (Wildman–Crippen MR) is 54.5 cm³/mol. The Morgan fingerprint density at radius 2 is 2.08 bits per heavy atom. The third-order valence-electron chi connectivity index (χ3n) is 1.76. The largest absolute Gasteiger partial charge is 0.237 e. The quantitative estimate of drug-likeness (QED) is 0.632. The van der Waals surface area contributed by atoms with E-state index in [4.69, 9.17) is 6.57 Å². The average Bonchev–Trinajstić information content (AvgIpc) is 2.05. The molecule has 0 aromatic heterocycles. The molecule has 0 saturated carbocycles. The lowest BCUT2D eigenvalue weighted by molar-refractivity contribution is 0.867. The monoisotopic (exact) mass is 223 g/mol. The highest BCUT2D eigenvalue weighted by Gasteiger charge is 2.03. The van der Waals surface area contributed by atoms with Crippen LogP contribution in [0.5, 0.6) is 0 Å². The highest BCUT2D eigenvalue weighted by Crippen LogP contribution is 2.28. The summed E-state index contributed by atoms with van der Waals surface area (Å²) in [4.78, 5) is 3.42. The molecule has 0 heterocycles. The first-order chi connectivity index (χ1) is 5.65. The zero-order valence-corrected chi connectivity index (χ0v) is 8.72. The van der Waals surface area contributed by atoms with E-state index in [0.717, 1.165) is 4.47 Å². The Morgan fingerprint density at radius 3 is 2.58 bits per heavy atom. The minimum Gasteiger partial charge on any atom is -0.237 e. The normalized spacial score (nSPS) is 9.92. The smallest absolute Gasteiger partial charge is 0.201 e. The Hall–Kier alpha value is -0.810. The fraction of sp³-hybridized carbons (Fsp3) is 0.300. The van der Waals surface area contributed by atoms with E-state index in [0.29, 0.717) is 11.6 Å². The van der Waals surface area contributed by atoms with Gasteiger partial charge in [0.25, 0.3) is 0 Å². The van der Waals surface area contributed by atoms with Gasteiger partial charge in [0.05, 0.1) is 6.57 Å². The maximum absolute atomic E-state index is 6.92. The Kier molecular flexibility index (Phi) is 2.88. The number of hydrogen-bond acceptors (Lipinski definition) is 0. The maximum atomic E-state index is 6.92. The topological polar surface area (TPSA) is 4.36 Å². The summed E-state index contributed by atoms with van der Waals surface area (Å²) in [7, 11) is 0. The van der Waals surface area contributed by atoms with Crippen LogP contribution >= 0.6 is 15.9 Å². The predicted octanol–water partition coefficient (Wildman–Crippen LogP) is 4.12. The van der Waals surface area contributed by atoms with Crippen molar-refractivity contribution >= 4 is 21.6 Å². The van der Waals surface area contributed by atoms with Gasteiger partial charge < -0.3 is 0 Å². The lowest BCUT2D eigenvalue weighted by atomic mass is 10.0. The van der Waals surface area contributed by atoms with Crippen molar-refractivity contribution in [2.75, 3.05) is 0 Å². The van der Waals surface area contributed by atoms with Gasteiger partial charge >= 0.3 is 0 Å². The lowest BCUT2D eigenvalue weighted by Crippen LogP contribution is -1.85. The fourth-order valence-electron chi connectivity index (χ4n) is 0.974. The Morgan fingerprint density at radius 1 is 1.42 bits per heavy atom. The van der Waals surface area contributed by atoms with Crippen molar-refractivity contribution in [2.45, 2.75) is 19.8 Å². The van der Waals surface area contributed by atoms with E-state index in [-0.39, 0.29) is 0 Å². The van der Waals surface area contributed by atoms with Crippen molar-refractivity contribution in [3.05, 3.63) is 39.7 Å². The molecular weight excluding hydrogens is 214 g/mol. The number of benzene rings is 1. The summed E-state index contributed by atoms with van der Waals surface area (Å²) in [6, 6.07) is 5.91. The molecule has 0 aliphatic heterocycles. The second-order valence-electron chi connectivity index (χ2n) is 2.98. The summed E-state index contributed by atoms with van der Waals surface area (Å²) >= 11 is 3.33. The van der Waals surface area contributed by atoms with E-state index in [1.807, 2.05) is 18.2 Å². The van der Waals surface area contributed by atoms with Gasteiger partial charge in [0.15, 0.2) is 0 Å².